The van der Waals surface area contributed by atoms with Gasteiger partial charge in [-0.05, 0) is 55.9 Å². The Hall–Kier alpha value is -2.24. The van der Waals surface area contributed by atoms with Crippen LogP contribution < -0.4 is 15.5 Å². The summed E-state index contributed by atoms with van der Waals surface area (Å²) in [6.07, 6.45) is 1.07. The van der Waals surface area contributed by atoms with Crippen molar-refractivity contribution in [3.8, 4) is 0 Å². The topological polar surface area (TPSA) is 47.6 Å². The summed E-state index contributed by atoms with van der Waals surface area (Å²) in [5, 5.41) is 6.37. The summed E-state index contributed by atoms with van der Waals surface area (Å²) in [7, 11) is 6.18. The number of carbonyl (C=O) groups is 1. The Labute approximate surface area is 159 Å². The maximum Gasteiger partial charge on any atom is 0.319 e. The maximum absolute atomic E-state index is 12.2. The van der Waals surface area contributed by atoms with Crippen molar-refractivity contribution in [3.63, 3.8) is 0 Å². The average molecular weight is 373 g/mol. The van der Waals surface area contributed by atoms with E-state index in [-0.39, 0.29) is 12.1 Å². The summed E-state index contributed by atoms with van der Waals surface area (Å²) in [6.45, 7) is 1.58. The largest absolute Gasteiger partial charge is 0.374 e. The van der Waals surface area contributed by atoms with E-state index in [4.69, 9.17) is 11.6 Å². The standard InChI is InChI=1S/C20H25ClN4O/c1-24(2)19(14-7-8-18-15(11-14)9-10-25(18)3)13-22-20(26)23-17-6-4-5-16(21)12-17/h4-8,11-12,19H,9-10,13H2,1-3H3,(H2,22,23,26). The molecule has 138 valence electrons. The van der Waals surface area contributed by atoms with Gasteiger partial charge >= 0.3 is 6.03 Å². The first-order valence-electron chi connectivity index (χ1n) is 8.75. The number of nitrogens with one attached hydrogen (secondary N) is 2. The van der Waals surface area contributed by atoms with Gasteiger partial charge in [-0.2, -0.15) is 0 Å². The molecule has 0 aliphatic carbocycles. The molecule has 1 heterocycles. The summed E-state index contributed by atoms with van der Waals surface area (Å²) >= 11 is 5.95. The molecule has 1 aliphatic heterocycles. The summed E-state index contributed by atoms with van der Waals surface area (Å²) in [4.78, 5) is 16.6. The van der Waals surface area contributed by atoms with Crippen LogP contribution in [0.5, 0.6) is 0 Å². The second-order valence-corrected chi connectivity index (χ2v) is 7.32. The van der Waals surface area contributed by atoms with Crippen LogP contribution >= 0.6 is 11.6 Å². The molecule has 2 aromatic carbocycles. The van der Waals surface area contributed by atoms with Gasteiger partial charge in [0.25, 0.3) is 0 Å². The Kier molecular flexibility index (Phi) is 5.69. The molecular weight excluding hydrogens is 348 g/mol. The van der Waals surface area contributed by atoms with E-state index in [1.54, 1.807) is 12.1 Å². The smallest absolute Gasteiger partial charge is 0.319 e. The number of rotatable bonds is 5. The lowest BCUT2D eigenvalue weighted by Crippen LogP contribution is -2.36. The predicted molar refractivity (Wildman–Crippen MR) is 108 cm³/mol. The Morgan fingerprint density at radius 2 is 2.08 bits per heavy atom. The molecule has 0 saturated carbocycles. The molecule has 1 atom stereocenters. The van der Waals surface area contributed by atoms with Crippen LogP contribution in [0.25, 0.3) is 0 Å². The third-order valence-corrected chi connectivity index (χ3v) is 5.01. The molecule has 3 rings (SSSR count). The van der Waals surface area contributed by atoms with Crippen molar-refractivity contribution < 1.29 is 4.79 Å². The van der Waals surface area contributed by atoms with E-state index < -0.39 is 0 Å². The second kappa shape index (κ2) is 7.98. The molecule has 2 aromatic rings. The van der Waals surface area contributed by atoms with E-state index in [0.717, 1.165) is 13.0 Å². The fourth-order valence-corrected chi connectivity index (χ4v) is 3.51. The first kappa shape index (κ1) is 18.5. The third kappa shape index (κ3) is 4.29. The minimum atomic E-state index is -0.236. The Morgan fingerprint density at radius 3 is 2.81 bits per heavy atom. The zero-order chi connectivity index (χ0) is 18.7. The van der Waals surface area contributed by atoms with Gasteiger partial charge in [0.2, 0.25) is 0 Å². The normalized spacial score (nSPS) is 14.3. The number of fused-ring (bicyclic) bond motifs is 1. The highest BCUT2D eigenvalue weighted by atomic mass is 35.5. The summed E-state index contributed by atoms with van der Waals surface area (Å²) < 4.78 is 0. The van der Waals surface area contributed by atoms with E-state index >= 15 is 0 Å². The van der Waals surface area contributed by atoms with Crippen LogP contribution in [0.1, 0.15) is 17.2 Å². The van der Waals surface area contributed by atoms with Gasteiger partial charge in [-0.3, -0.25) is 0 Å². The monoisotopic (exact) mass is 372 g/mol. The van der Waals surface area contributed by atoms with Crippen LogP contribution in [0, 0.1) is 0 Å². The van der Waals surface area contributed by atoms with Crippen molar-refractivity contribution in [2.75, 3.05) is 44.4 Å². The summed E-state index contributed by atoms with van der Waals surface area (Å²) in [6, 6.07) is 13.6. The fourth-order valence-electron chi connectivity index (χ4n) is 3.32. The highest BCUT2D eigenvalue weighted by Crippen LogP contribution is 2.30. The fraction of sp³-hybridized carbons (Fsp3) is 0.350. The van der Waals surface area contributed by atoms with Crippen molar-refractivity contribution in [1.29, 1.82) is 0 Å². The number of hydrogen-bond donors (Lipinski definition) is 2. The zero-order valence-corrected chi connectivity index (χ0v) is 16.2. The van der Waals surface area contributed by atoms with Gasteiger partial charge in [0.1, 0.15) is 0 Å². The molecule has 2 N–H and O–H groups in total. The molecule has 0 saturated heterocycles. The SMILES string of the molecule is CN1CCc2cc(C(CNC(=O)Nc3cccc(Cl)c3)N(C)C)ccc21. The van der Waals surface area contributed by atoms with Crippen LogP contribution in [0.4, 0.5) is 16.2 Å². The van der Waals surface area contributed by atoms with Crippen molar-refractivity contribution in [3.05, 3.63) is 58.6 Å². The van der Waals surface area contributed by atoms with Gasteiger partial charge in [0.05, 0.1) is 6.04 Å². The molecule has 0 aromatic heterocycles. The van der Waals surface area contributed by atoms with Gasteiger partial charge < -0.3 is 20.4 Å². The van der Waals surface area contributed by atoms with Crippen molar-refractivity contribution >= 4 is 29.0 Å². The lowest BCUT2D eigenvalue weighted by molar-refractivity contribution is 0.243. The molecule has 0 fully saturated rings. The molecule has 0 bridgehead atoms. The predicted octanol–water partition coefficient (Wildman–Crippen LogP) is 3.76. The van der Waals surface area contributed by atoms with Crippen LogP contribution in [0.15, 0.2) is 42.5 Å². The second-order valence-electron chi connectivity index (χ2n) is 6.88. The van der Waals surface area contributed by atoms with Crippen molar-refractivity contribution in [1.82, 2.24) is 10.2 Å². The molecule has 1 unspecified atom stereocenters. The molecule has 5 nitrogen and oxygen atoms in total. The number of urea groups is 1. The van der Waals surface area contributed by atoms with Crippen LogP contribution in [-0.4, -0.2) is 45.2 Å². The summed E-state index contributed by atoms with van der Waals surface area (Å²) in [5.41, 5.74) is 4.57. The quantitative estimate of drug-likeness (QED) is 0.840. The van der Waals surface area contributed by atoms with E-state index in [1.165, 1.54) is 16.8 Å². The van der Waals surface area contributed by atoms with E-state index in [0.29, 0.717) is 17.3 Å². The Morgan fingerprint density at radius 1 is 1.27 bits per heavy atom. The number of carbonyl (C=O) groups excluding carboxylic acids is 1. The van der Waals surface area contributed by atoms with Crippen LogP contribution in [-0.2, 0) is 6.42 Å². The van der Waals surface area contributed by atoms with Crippen LogP contribution in [0.2, 0.25) is 5.02 Å². The van der Waals surface area contributed by atoms with Crippen molar-refractivity contribution in [2.24, 2.45) is 0 Å². The lowest BCUT2D eigenvalue weighted by Gasteiger charge is -2.26. The van der Waals surface area contributed by atoms with Gasteiger partial charge in [-0.15, -0.1) is 0 Å². The van der Waals surface area contributed by atoms with E-state index in [9.17, 15) is 4.79 Å². The zero-order valence-electron chi connectivity index (χ0n) is 15.4. The van der Waals surface area contributed by atoms with Gasteiger partial charge in [0, 0.05) is 36.5 Å². The highest BCUT2D eigenvalue weighted by Gasteiger charge is 2.20. The number of amides is 2. The number of anilines is 2. The molecule has 1 aliphatic rings. The number of benzene rings is 2. The van der Waals surface area contributed by atoms with E-state index in [2.05, 4.69) is 45.7 Å². The summed E-state index contributed by atoms with van der Waals surface area (Å²) in [5.74, 6) is 0. The number of halogens is 1. The molecule has 6 heteroatoms. The molecule has 0 spiro atoms. The Bertz CT molecular complexity index is 793. The number of likely N-dealkylation sites (N-methyl/N-ethyl adjacent to an activating group) is 2. The first-order valence-corrected chi connectivity index (χ1v) is 9.12. The molecule has 26 heavy (non-hydrogen) atoms. The number of hydrogen-bond acceptors (Lipinski definition) is 3. The van der Waals surface area contributed by atoms with Gasteiger partial charge in [0.15, 0.2) is 0 Å². The van der Waals surface area contributed by atoms with E-state index in [1.807, 2.05) is 26.2 Å². The first-order chi connectivity index (χ1) is 12.4. The highest BCUT2D eigenvalue weighted by molar-refractivity contribution is 6.30. The molecular formula is C20H25ClN4O. The minimum absolute atomic E-state index is 0.108. The maximum atomic E-state index is 12.2. The minimum Gasteiger partial charge on any atom is -0.374 e. The number of nitrogens with zero attached hydrogens (tertiary/aromatic N) is 2. The van der Waals surface area contributed by atoms with Gasteiger partial charge in [-0.25, -0.2) is 4.79 Å². The third-order valence-electron chi connectivity index (χ3n) is 4.78. The van der Waals surface area contributed by atoms with Crippen LogP contribution in [0.3, 0.4) is 0 Å². The Balaban J connectivity index is 1.65. The average Bonchev–Trinajstić information content (AvgIpc) is 2.95. The van der Waals surface area contributed by atoms with Gasteiger partial charge in [-0.1, -0.05) is 29.8 Å². The van der Waals surface area contributed by atoms with Crippen molar-refractivity contribution in [2.45, 2.75) is 12.5 Å². The molecule has 2 amide bonds. The lowest BCUT2D eigenvalue weighted by atomic mass is 10.0. The molecule has 0 radical (unpaired) electrons.